The number of rotatable bonds is 4. The van der Waals surface area contributed by atoms with Crippen LogP contribution in [0.1, 0.15) is 45.1 Å². The van der Waals surface area contributed by atoms with Crippen molar-refractivity contribution in [3.05, 3.63) is 23.7 Å². The molecule has 2 rings (SSSR count). The molecule has 1 saturated carbocycles. The first-order valence-corrected chi connectivity index (χ1v) is 7.43. The average molecular weight is 264 g/mol. The zero-order chi connectivity index (χ0) is 14.0. The van der Waals surface area contributed by atoms with Gasteiger partial charge >= 0.3 is 0 Å². The highest BCUT2D eigenvalue weighted by Crippen LogP contribution is 2.43. The van der Waals surface area contributed by atoms with Crippen LogP contribution in [0, 0.1) is 24.2 Å². The van der Waals surface area contributed by atoms with Gasteiger partial charge in [0.2, 0.25) is 0 Å². The van der Waals surface area contributed by atoms with Gasteiger partial charge in [-0.15, -0.1) is 0 Å². The molecule has 3 atom stereocenters. The molecule has 3 heteroatoms. The molecule has 0 spiro atoms. The van der Waals surface area contributed by atoms with Gasteiger partial charge in [0.15, 0.2) is 0 Å². The van der Waals surface area contributed by atoms with Gasteiger partial charge in [0.25, 0.3) is 0 Å². The smallest absolute Gasteiger partial charge is 0.117 e. The van der Waals surface area contributed by atoms with Crippen LogP contribution in [0.3, 0.4) is 0 Å². The predicted octanol–water partition coefficient (Wildman–Crippen LogP) is 3.08. The molecule has 1 aromatic heterocycles. The lowest BCUT2D eigenvalue weighted by Crippen LogP contribution is -2.49. The number of hydrogen-bond donors (Lipinski definition) is 2. The Hall–Kier alpha value is -0.800. The molecule has 0 aliphatic heterocycles. The Morgan fingerprint density at radius 1 is 1.37 bits per heavy atom. The van der Waals surface area contributed by atoms with E-state index in [1.54, 1.807) is 0 Å². The topological polar surface area (TPSA) is 51.2 Å². The fourth-order valence-corrected chi connectivity index (χ4v) is 3.25. The van der Waals surface area contributed by atoms with Gasteiger partial charge in [-0.25, -0.2) is 0 Å². The van der Waals surface area contributed by atoms with E-state index in [2.05, 4.69) is 26.1 Å². The van der Waals surface area contributed by atoms with E-state index in [1.807, 2.05) is 19.1 Å². The average Bonchev–Trinajstić information content (AvgIpc) is 2.76. The number of hydrogen-bond acceptors (Lipinski definition) is 3. The molecular weight excluding hydrogens is 236 g/mol. The van der Waals surface area contributed by atoms with Crippen LogP contribution >= 0.6 is 0 Å². The summed E-state index contributed by atoms with van der Waals surface area (Å²) in [5, 5.41) is 3.54. The monoisotopic (exact) mass is 264 g/mol. The van der Waals surface area contributed by atoms with Gasteiger partial charge in [0.05, 0.1) is 6.54 Å². The van der Waals surface area contributed by atoms with E-state index in [9.17, 15) is 0 Å². The highest BCUT2D eigenvalue weighted by Gasteiger charge is 2.41. The van der Waals surface area contributed by atoms with Gasteiger partial charge in [-0.3, -0.25) is 0 Å². The van der Waals surface area contributed by atoms with Gasteiger partial charge in [-0.1, -0.05) is 20.8 Å². The molecule has 3 nitrogen and oxygen atoms in total. The van der Waals surface area contributed by atoms with Crippen molar-refractivity contribution >= 4 is 0 Å². The van der Waals surface area contributed by atoms with Crippen LogP contribution in [-0.4, -0.2) is 12.6 Å². The molecule has 3 N–H and O–H groups in total. The molecule has 1 aliphatic rings. The molecule has 1 heterocycles. The predicted molar refractivity (Wildman–Crippen MR) is 78.8 cm³/mol. The van der Waals surface area contributed by atoms with Crippen molar-refractivity contribution in [1.82, 2.24) is 5.32 Å². The third-order valence-electron chi connectivity index (χ3n) is 5.20. The third-order valence-corrected chi connectivity index (χ3v) is 5.20. The van der Waals surface area contributed by atoms with E-state index in [4.69, 9.17) is 10.2 Å². The number of nitrogens with two attached hydrogens (primary N) is 1. The molecule has 0 aromatic carbocycles. The second-order valence-corrected chi connectivity index (χ2v) is 6.69. The largest absolute Gasteiger partial charge is 0.465 e. The lowest BCUT2D eigenvalue weighted by atomic mass is 9.61. The van der Waals surface area contributed by atoms with Crippen LogP contribution in [0.2, 0.25) is 0 Å². The summed E-state index contributed by atoms with van der Waals surface area (Å²) in [7, 11) is 0. The van der Waals surface area contributed by atoms with Crippen molar-refractivity contribution in [2.75, 3.05) is 6.54 Å². The summed E-state index contributed by atoms with van der Waals surface area (Å²) in [4.78, 5) is 0. The molecule has 19 heavy (non-hydrogen) atoms. The second-order valence-electron chi connectivity index (χ2n) is 6.69. The molecule has 108 valence electrons. The van der Waals surface area contributed by atoms with Crippen molar-refractivity contribution in [1.29, 1.82) is 0 Å². The molecular formula is C16H28N2O. The third kappa shape index (κ3) is 3.21. The molecule has 1 aliphatic carbocycles. The van der Waals surface area contributed by atoms with E-state index < -0.39 is 0 Å². The quantitative estimate of drug-likeness (QED) is 0.878. The Kier molecular flexibility index (Phi) is 4.36. The van der Waals surface area contributed by atoms with Crippen LogP contribution in [0.5, 0.6) is 0 Å². The van der Waals surface area contributed by atoms with Crippen molar-refractivity contribution in [3.8, 4) is 0 Å². The lowest BCUT2D eigenvalue weighted by molar-refractivity contribution is 0.0536. The summed E-state index contributed by atoms with van der Waals surface area (Å²) >= 11 is 0. The number of furan rings is 1. The Morgan fingerprint density at radius 3 is 2.74 bits per heavy atom. The standard InChI is InChI=1S/C16H28N2O/c1-11-5-7-14(19-11)10-18-9-13-6-8-15(17)12(2)16(13,3)4/h5,7,12-13,15,18H,6,8-10,17H2,1-4H3. The van der Waals surface area contributed by atoms with Crippen LogP contribution in [-0.2, 0) is 6.54 Å². The highest BCUT2D eigenvalue weighted by molar-refractivity contribution is 5.05. The minimum Gasteiger partial charge on any atom is -0.465 e. The maximum Gasteiger partial charge on any atom is 0.117 e. The Labute approximate surface area is 116 Å². The first-order valence-electron chi connectivity index (χ1n) is 7.43. The fourth-order valence-electron chi connectivity index (χ4n) is 3.25. The van der Waals surface area contributed by atoms with E-state index in [-0.39, 0.29) is 0 Å². The van der Waals surface area contributed by atoms with Crippen molar-refractivity contribution in [2.45, 2.75) is 53.1 Å². The second kappa shape index (κ2) is 5.68. The first-order chi connectivity index (χ1) is 8.91. The minimum atomic E-state index is 0.309. The Morgan fingerprint density at radius 2 is 2.11 bits per heavy atom. The molecule has 3 unspecified atom stereocenters. The van der Waals surface area contributed by atoms with Crippen molar-refractivity contribution in [3.63, 3.8) is 0 Å². The Balaban J connectivity index is 1.85. The molecule has 0 bridgehead atoms. The van der Waals surface area contributed by atoms with Gasteiger partial charge in [0, 0.05) is 6.04 Å². The zero-order valence-electron chi connectivity index (χ0n) is 12.7. The highest BCUT2D eigenvalue weighted by atomic mass is 16.3. The first kappa shape index (κ1) is 14.6. The van der Waals surface area contributed by atoms with Gasteiger partial charge in [-0.05, 0) is 55.7 Å². The van der Waals surface area contributed by atoms with E-state index in [0.717, 1.165) is 31.0 Å². The lowest BCUT2D eigenvalue weighted by Gasteiger charge is -2.47. The van der Waals surface area contributed by atoms with E-state index >= 15 is 0 Å². The van der Waals surface area contributed by atoms with Crippen molar-refractivity contribution < 1.29 is 4.42 Å². The summed E-state index contributed by atoms with van der Waals surface area (Å²) in [5.41, 5.74) is 6.51. The van der Waals surface area contributed by atoms with E-state index in [1.165, 1.54) is 6.42 Å². The summed E-state index contributed by atoms with van der Waals surface area (Å²) in [6, 6.07) is 4.43. The summed E-state index contributed by atoms with van der Waals surface area (Å²) in [6.07, 6.45) is 2.37. The normalized spacial score (nSPS) is 30.5. The van der Waals surface area contributed by atoms with Gasteiger partial charge in [0.1, 0.15) is 11.5 Å². The Bertz CT molecular complexity index is 411. The number of nitrogens with one attached hydrogen (secondary N) is 1. The van der Waals surface area contributed by atoms with E-state index in [0.29, 0.717) is 23.3 Å². The fraction of sp³-hybridized carbons (Fsp3) is 0.750. The van der Waals surface area contributed by atoms with Gasteiger partial charge in [-0.2, -0.15) is 0 Å². The molecule has 0 amide bonds. The minimum absolute atomic E-state index is 0.309. The molecule has 0 radical (unpaired) electrons. The summed E-state index contributed by atoms with van der Waals surface area (Å²) < 4.78 is 5.58. The van der Waals surface area contributed by atoms with Crippen LogP contribution in [0.15, 0.2) is 16.5 Å². The molecule has 1 fully saturated rings. The maximum atomic E-state index is 6.20. The molecule has 1 aromatic rings. The van der Waals surface area contributed by atoms with Crippen LogP contribution < -0.4 is 11.1 Å². The van der Waals surface area contributed by atoms with Gasteiger partial charge < -0.3 is 15.5 Å². The number of aryl methyl sites for hydroxylation is 1. The van der Waals surface area contributed by atoms with Crippen LogP contribution in [0.25, 0.3) is 0 Å². The summed E-state index contributed by atoms with van der Waals surface area (Å²) in [5.74, 6) is 3.28. The SMILES string of the molecule is Cc1ccc(CNCC2CCC(N)C(C)C2(C)C)o1. The maximum absolute atomic E-state index is 6.20. The summed E-state index contributed by atoms with van der Waals surface area (Å²) in [6.45, 7) is 10.9. The van der Waals surface area contributed by atoms with Crippen LogP contribution in [0.4, 0.5) is 0 Å². The molecule has 0 saturated heterocycles. The van der Waals surface area contributed by atoms with Crippen molar-refractivity contribution in [2.24, 2.45) is 23.0 Å². The zero-order valence-corrected chi connectivity index (χ0v) is 12.7.